The highest BCUT2D eigenvalue weighted by Gasteiger charge is 2.29. The third-order valence-electron chi connectivity index (χ3n) is 4.82. The standard InChI is InChI=1S/C15H33NO/c1-10(2)15(8-16-7)14(6)13(5)12(4)11(3)9-17/h10-17H,8-9H2,1-7H3. The second-order valence-corrected chi connectivity index (χ2v) is 6.20. The molecule has 5 atom stereocenters. The van der Waals surface area contributed by atoms with Crippen molar-refractivity contribution in [2.75, 3.05) is 20.2 Å². The van der Waals surface area contributed by atoms with Gasteiger partial charge in [-0.15, -0.1) is 0 Å². The molecule has 0 amide bonds. The molecule has 2 nitrogen and oxygen atoms in total. The summed E-state index contributed by atoms with van der Waals surface area (Å²) in [5.74, 6) is 3.73. The van der Waals surface area contributed by atoms with Gasteiger partial charge in [0.15, 0.2) is 0 Å². The molecule has 0 heterocycles. The number of nitrogens with one attached hydrogen (secondary N) is 1. The highest BCUT2D eigenvalue weighted by molar-refractivity contribution is 4.79. The van der Waals surface area contributed by atoms with Crippen LogP contribution in [0.25, 0.3) is 0 Å². The lowest BCUT2D eigenvalue weighted by Crippen LogP contribution is -2.35. The molecule has 5 unspecified atom stereocenters. The molecular weight excluding hydrogens is 210 g/mol. The van der Waals surface area contributed by atoms with Crippen molar-refractivity contribution in [3.05, 3.63) is 0 Å². The first kappa shape index (κ1) is 16.9. The van der Waals surface area contributed by atoms with Gasteiger partial charge in [-0.1, -0.05) is 41.5 Å². The van der Waals surface area contributed by atoms with Crippen LogP contribution >= 0.6 is 0 Å². The smallest absolute Gasteiger partial charge is 0.0459 e. The van der Waals surface area contributed by atoms with Crippen molar-refractivity contribution < 1.29 is 5.11 Å². The molecule has 0 rings (SSSR count). The van der Waals surface area contributed by atoms with E-state index in [2.05, 4.69) is 46.9 Å². The lowest BCUT2D eigenvalue weighted by atomic mass is 9.70. The zero-order chi connectivity index (χ0) is 13.6. The number of hydrogen-bond donors (Lipinski definition) is 2. The van der Waals surface area contributed by atoms with E-state index in [0.717, 1.165) is 6.54 Å². The van der Waals surface area contributed by atoms with Crippen molar-refractivity contribution >= 4 is 0 Å². The van der Waals surface area contributed by atoms with Crippen LogP contribution in [0.4, 0.5) is 0 Å². The molecule has 0 saturated carbocycles. The number of hydrogen-bond acceptors (Lipinski definition) is 2. The summed E-state index contributed by atoms with van der Waals surface area (Å²) in [5, 5.41) is 12.6. The molecule has 0 aromatic rings. The van der Waals surface area contributed by atoms with Gasteiger partial charge in [0, 0.05) is 6.61 Å². The lowest BCUT2D eigenvalue weighted by Gasteiger charge is -2.36. The monoisotopic (exact) mass is 243 g/mol. The zero-order valence-corrected chi connectivity index (χ0v) is 12.8. The summed E-state index contributed by atoms with van der Waals surface area (Å²) in [6.07, 6.45) is 0. The van der Waals surface area contributed by atoms with E-state index in [1.807, 2.05) is 7.05 Å². The first-order valence-corrected chi connectivity index (χ1v) is 7.12. The Kier molecular flexibility index (Phi) is 8.06. The first-order chi connectivity index (χ1) is 7.86. The highest BCUT2D eigenvalue weighted by atomic mass is 16.3. The van der Waals surface area contributed by atoms with Crippen molar-refractivity contribution in [1.82, 2.24) is 5.32 Å². The molecule has 2 heteroatoms. The Morgan fingerprint density at radius 1 is 0.882 bits per heavy atom. The van der Waals surface area contributed by atoms with E-state index in [4.69, 9.17) is 0 Å². The molecule has 0 aliphatic rings. The molecule has 0 bridgehead atoms. The summed E-state index contributed by atoms with van der Waals surface area (Å²) in [6, 6.07) is 0. The van der Waals surface area contributed by atoms with Crippen molar-refractivity contribution in [2.24, 2.45) is 35.5 Å². The second kappa shape index (κ2) is 8.10. The third kappa shape index (κ3) is 4.97. The Morgan fingerprint density at radius 3 is 1.76 bits per heavy atom. The molecule has 17 heavy (non-hydrogen) atoms. The minimum atomic E-state index is 0.302. The fourth-order valence-electron chi connectivity index (χ4n) is 2.82. The zero-order valence-electron chi connectivity index (χ0n) is 12.8. The normalized spacial score (nSPS) is 21.0. The van der Waals surface area contributed by atoms with Gasteiger partial charge < -0.3 is 10.4 Å². The minimum absolute atomic E-state index is 0.302. The Bertz CT molecular complexity index is 193. The molecule has 2 N–H and O–H groups in total. The fraction of sp³-hybridized carbons (Fsp3) is 1.00. The van der Waals surface area contributed by atoms with E-state index >= 15 is 0 Å². The van der Waals surface area contributed by atoms with Gasteiger partial charge in [-0.25, -0.2) is 0 Å². The SMILES string of the molecule is CNCC(C(C)C)C(C)C(C)C(C)C(C)CO. The highest BCUT2D eigenvalue weighted by Crippen LogP contribution is 2.33. The number of rotatable bonds is 8. The maximum Gasteiger partial charge on any atom is 0.0459 e. The molecule has 104 valence electrons. The van der Waals surface area contributed by atoms with Crippen LogP contribution < -0.4 is 5.32 Å². The van der Waals surface area contributed by atoms with Gasteiger partial charge in [-0.3, -0.25) is 0 Å². The van der Waals surface area contributed by atoms with Crippen LogP contribution in [-0.2, 0) is 0 Å². The Labute approximate surface area is 108 Å². The van der Waals surface area contributed by atoms with Crippen LogP contribution in [0.15, 0.2) is 0 Å². The molecule has 0 spiro atoms. The van der Waals surface area contributed by atoms with Crippen molar-refractivity contribution in [1.29, 1.82) is 0 Å². The first-order valence-electron chi connectivity index (χ1n) is 7.12. The van der Waals surface area contributed by atoms with Crippen LogP contribution in [0.2, 0.25) is 0 Å². The van der Waals surface area contributed by atoms with Crippen LogP contribution in [0.5, 0.6) is 0 Å². The number of aliphatic hydroxyl groups is 1. The van der Waals surface area contributed by atoms with E-state index in [1.165, 1.54) is 0 Å². The summed E-state index contributed by atoms with van der Waals surface area (Å²) >= 11 is 0. The van der Waals surface area contributed by atoms with Crippen molar-refractivity contribution in [2.45, 2.75) is 41.5 Å². The quantitative estimate of drug-likeness (QED) is 0.687. The summed E-state index contributed by atoms with van der Waals surface area (Å²) in [7, 11) is 2.03. The van der Waals surface area contributed by atoms with Gasteiger partial charge >= 0.3 is 0 Å². The molecule has 0 aromatic carbocycles. The van der Waals surface area contributed by atoms with E-state index < -0.39 is 0 Å². The Morgan fingerprint density at radius 2 is 1.41 bits per heavy atom. The maximum absolute atomic E-state index is 9.27. The maximum atomic E-state index is 9.27. The lowest BCUT2D eigenvalue weighted by molar-refractivity contribution is 0.103. The molecule has 0 radical (unpaired) electrons. The van der Waals surface area contributed by atoms with Crippen molar-refractivity contribution in [3.8, 4) is 0 Å². The molecule has 0 saturated heterocycles. The summed E-state index contributed by atoms with van der Waals surface area (Å²) in [5.41, 5.74) is 0. The van der Waals surface area contributed by atoms with E-state index in [-0.39, 0.29) is 0 Å². The predicted octanol–water partition coefficient (Wildman–Crippen LogP) is 3.01. The summed E-state index contributed by atoms with van der Waals surface area (Å²) in [6.45, 7) is 15.1. The molecule has 0 fully saturated rings. The average Bonchev–Trinajstić information content (AvgIpc) is 2.31. The van der Waals surface area contributed by atoms with Crippen LogP contribution in [-0.4, -0.2) is 25.3 Å². The summed E-state index contributed by atoms with van der Waals surface area (Å²) < 4.78 is 0. The van der Waals surface area contributed by atoms with Crippen LogP contribution in [0.1, 0.15) is 41.5 Å². The molecule has 0 aliphatic carbocycles. The van der Waals surface area contributed by atoms with Gasteiger partial charge in [0.25, 0.3) is 0 Å². The van der Waals surface area contributed by atoms with Crippen molar-refractivity contribution in [3.63, 3.8) is 0 Å². The van der Waals surface area contributed by atoms with E-state index in [0.29, 0.717) is 42.1 Å². The van der Waals surface area contributed by atoms with E-state index in [9.17, 15) is 5.11 Å². The van der Waals surface area contributed by atoms with Gasteiger partial charge in [0.1, 0.15) is 0 Å². The second-order valence-electron chi connectivity index (χ2n) is 6.20. The molecule has 0 aliphatic heterocycles. The fourth-order valence-corrected chi connectivity index (χ4v) is 2.82. The summed E-state index contributed by atoms with van der Waals surface area (Å²) in [4.78, 5) is 0. The Balaban J connectivity index is 4.58. The molecule has 0 aromatic heterocycles. The van der Waals surface area contributed by atoms with Gasteiger partial charge in [-0.2, -0.15) is 0 Å². The Hall–Kier alpha value is -0.0800. The van der Waals surface area contributed by atoms with Crippen LogP contribution in [0, 0.1) is 35.5 Å². The van der Waals surface area contributed by atoms with Crippen LogP contribution in [0.3, 0.4) is 0 Å². The largest absolute Gasteiger partial charge is 0.396 e. The van der Waals surface area contributed by atoms with E-state index in [1.54, 1.807) is 0 Å². The molecular formula is C15H33NO. The predicted molar refractivity (Wildman–Crippen MR) is 76.0 cm³/mol. The van der Waals surface area contributed by atoms with Gasteiger partial charge in [0.05, 0.1) is 0 Å². The third-order valence-corrected chi connectivity index (χ3v) is 4.82. The van der Waals surface area contributed by atoms with Gasteiger partial charge in [0.2, 0.25) is 0 Å². The topological polar surface area (TPSA) is 32.3 Å². The average molecular weight is 243 g/mol. The van der Waals surface area contributed by atoms with Gasteiger partial charge in [-0.05, 0) is 49.1 Å². The number of aliphatic hydroxyl groups excluding tert-OH is 1. The minimum Gasteiger partial charge on any atom is -0.396 e.